The molecule has 0 fully saturated rings. The Labute approximate surface area is 339 Å². The van der Waals surface area contributed by atoms with Crippen LogP contribution in [0.3, 0.4) is 0 Å². The number of carbonyl (C=O) groups is 3. The Balaban J connectivity index is 0.907. The van der Waals surface area contributed by atoms with Gasteiger partial charge in [-0.1, -0.05) is 60.3 Å². The number of aromatic nitrogens is 3. The molecular formula is C39H44Cl3N9O3S. The molecule has 0 saturated carbocycles. The lowest BCUT2D eigenvalue weighted by Crippen LogP contribution is -2.34. The molecule has 2 aliphatic rings. The first kappa shape index (κ1) is 40.4. The van der Waals surface area contributed by atoms with Gasteiger partial charge in [0, 0.05) is 52.9 Å². The van der Waals surface area contributed by atoms with Gasteiger partial charge in [-0.25, -0.2) is 0 Å². The second-order valence-corrected chi connectivity index (χ2v) is 16.3. The summed E-state index contributed by atoms with van der Waals surface area (Å²) in [6.45, 7) is 9.60. The van der Waals surface area contributed by atoms with Crippen molar-refractivity contribution >= 4 is 81.1 Å². The van der Waals surface area contributed by atoms with Crippen LogP contribution in [0, 0.1) is 26.7 Å². The molecule has 2 aliphatic heterocycles. The number of thiophene rings is 1. The fourth-order valence-corrected chi connectivity index (χ4v) is 8.17. The molecule has 3 amide bonds. The summed E-state index contributed by atoms with van der Waals surface area (Å²) in [5.74, 6) is 1.67. The number of aryl methyl sites for hydroxylation is 2. The minimum Gasteiger partial charge on any atom is -0.356 e. The maximum absolute atomic E-state index is 13.2. The monoisotopic (exact) mass is 823 g/mol. The van der Waals surface area contributed by atoms with Crippen molar-refractivity contribution in [2.75, 3.05) is 24.6 Å². The van der Waals surface area contributed by atoms with Crippen molar-refractivity contribution in [2.24, 2.45) is 16.0 Å². The number of hydrogen-bond acceptors (Lipinski definition) is 9. The molecule has 2 aromatic carbocycles. The fourth-order valence-electron chi connectivity index (χ4n) is 6.54. The Morgan fingerprint density at radius 3 is 2.35 bits per heavy atom. The van der Waals surface area contributed by atoms with Gasteiger partial charge in [0.05, 0.1) is 34.4 Å². The number of rotatable bonds is 14. The SMILES string of the molecule is Cc1sc2c(c1C)C(c1ccc(Cl)cc1)=NC(CC(=O)NCCCCCC(=O)NCCCC(=O)NC1=NN(c3ccc(Cl)c(Cl)c3)CC1C)c1nnc(C)n1-2. The number of fused-ring (bicyclic) bond motifs is 3. The third kappa shape index (κ3) is 9.75. The molecule has 55 heavy (non-hydrogen) atoms. The van der Waals surface area contributed by atoms with Gasteiger partial charge in [0.2, 0.25) is 17.7 Å². The second kappa shape index (κ2) is 18.1. The van der Waals surface area contributed by atoms with Gasteiger partial charge in [-0.05, 0) is 75.9 Å². The number of amidine groups is 1. The number of unbranched alkanes of at least 4 members (excludes halogenated alkanes) is 2. The van der Waals surface area contributed by atoms with Gasteiger partial charge in [-0.15, -0.1) is 21.5 Å². The lowest BCUT2D eigenvalue weighted by Gasteiger charge is -2.14. The van der Waals surface area contributed by atoms with E-state index in [0.29, 0.717) is 65.6 Å². The molecule has 3 N–H and O–H groups in total. The molecular weight excluding hydrogens is 781 g/mol. The Bertz CT molecular complexity index is 2130. The van der Waals surface area contributed by atoms with Gasteiger partial charge in [-0.2, -0.15) is 5.10 Å². The summed E-state index contributed by atoms with van der Waals surface area (Å²) >= 11 is 20.1. The first-order valence-corrected chi connectivity index (χ1v) is 20.3. The average Bonchev–Trinajstić information content (AvgIpc) is 3.78. The molecule has 4 aromatic rings. The minimum atomic E-state index is -0.536. The highest BCUT2D eigenvalue weighted by Gasteiger charge is 2.32. The zero-order chi connectivity index (χ0) is 39.2. The van der Waals surface area contributed by atoms with Gasteiger partial charge in [-0.3, -0.25) is 29.0 Å². The predicted molar refractivity (Wildman–Crippen MR) is 220 cm³/mol. The van der Waals surface area contributed by atoms with Gasteiger partial charge in [0.25, 0.3) is 0 Å². The minimum absolute atomic E-state index is 0.0346. The number of hydrazone groups is 1. The smallest absolute Gasteiger partial charge is 0.225 e. The van der Waals surface area contributed by atoms with Crippen molar-refractivity contribution in [1.82, 2.24) is 30.7 Å². The maximum Gasteiger partial charge on any atom is 0.225 e. The summed E-state index contributed by atoms with van der Waals surface area (Å²) in [5.41, 5.74) is 4.68. The van der Waals surface area contributed by atoms with Crippen LogP contribution in [-0.2, 0) is 14.4 Å². The standard InChI is InChI=1S/C39H44Cl3N9O3S/c1-22-21-50(28-15-16-29(41)30(42)19-28)49-37(22)46-33(53)10-8-18-43-32(52)9-6-5-7-17-44-34(54)20-31-38-48-47-25(4)51(38)39-35(23(2)24(3)55-39)36(45-31)26-11-13-27(40)14-12-26/h11-16,19,22,31H,5-10,17-18,20-21H2,1-4H3,(H,43,52)(H,44,54)(H,46,49,53). The van der Waals surface area contributed by atoms with Crippen molar-refractivity contribution in [3.8, 4) is 5.00 Å². The van der Waals surface area contributed by atoms with Crippen LogP contribution in [0.25, 0.3) is 5.00 Å². The first-order valence-electron chi connectivity index (χ1n) is 18.4. The summed E-state index contributed by atoms with van der Waals surface area (Å²) in [4.78, 5) is 44.6. The number of hydrogen-bond donors (Lipinski definition) is 3. The summed E-state index contributed by atoms with van der Waals surface area (Å²) in [6, 6.07) is 12.4. The van der Waals surface area contributed by atoms with E-state index in [2.05, 4.69) is 45.1 Å². The Kier molecular flexibility index (Phi) is 13.3. The van der Waals surface area contributed by atoms with E-state index < -0.39 is 6.04 Å². The number of carbonyl (C=O) groups excluding carboxylic acids is 3. The van der Waals surface area contributed by atoms with Crippen LogP contribution in [-0.4, -0.2) is 63.7 Å². The van der Waals surface area contributed by atoms with Gasteiger partial charge in [0.15, 0.2) is 5.82 Å². The fraction of sp³-hybridized carbons (Fsp3) is 0.410. The van der Waals surface area contributed by atoms with Crippen molar-refractivity contribution in [3.63, 3.8) is 0 Å². The lowest BCUT2D eigenvalue weighted by atomic mass is 9.99. The van der Waals surface area contributed by atoms with Crippen LogP contribution in [0.2, 0.25) is 15.1 Å². The zero-order valence-electron chi connectivity index (χ0n) is 31.2. The number of halogens is 3. The van der Waals surface area contributed by atoms with Crippen LogP contribution in [0.15, 0.2) is 52.6 Å². The Morgan fingerprint density at radius 2 is 1.58 bits per heavy atom. The molecule has 0 aliphatic carbocycles. The van der Waals surface area contributed by atoms with Crippen LogP contribution >= 0.6 is 46.1 Å². The highest BCUT2D eigenvalue weighted by Crippen LogP contribution is 2.39. The number of nitrogens with zero attached hydrogens (tertiary/aromatic N) is 6. The topological polar surface area (TPSA) is 146 Å². The molecule has 16 heteroatoms. The van der Waals surface area contributed by atoms with E-state index >= 15 is 0 Å². The molecule has 2 aromatic heterocycles. The van der Waals surface area contributed by atoms with Crippen LogP contribution < -0.4 is 21.0 Å². The number of anilines is 1. The molecule has 0 bridgehead atoms. The summed E-state index contributed by atoms with van der Waals surface area (Å²) in [6.07, 6.45) is 3.48. The van der Waals surface area contributed by atoms with Crippen LogP contribution in [0.1, 0.15) is 91.1 Å². The summed E-state index contributed by atoms with van der Waals surface area (Å²) in [5, 5.41) is 26.6. The molecule has 0 radical (unpaired) electrons. The highest BCUT2D eigenvalue weighted by atomic mass is 35.5. The lowest BCUT2D eigenvalue weighted by molar-refractivity contribution is -0.122. The predicted octanol–water partition coefficient (Wildman–Crippen LogP) is 7.66. The number of amides is 3. The highest BCUT2D eigenvalue weighted by molar-refractivity contribution is 7.15. The van der Waals surface area contributed by atoms with E-state index in [1.807, 2.05) is 48.7 Å². The summed E-state index contributed by atoms with van der Waals surface area (Å²) < 4.78 is 2.03. The zero-order valence-corrected chi connectivity index (χ0v) is 34.3. The van der Waals surface area contributed by atoms with Crippen LogP contribution in [0.5, 0.6) is 0 Å². The molecule has 2 unspecified atom stereocenters. The quantitative estimate of drug-likeness (QED) is 0.111. The molecule has 4 heterocycles. The van der Waals surface area contributed by atoms with Gasteiger partial charge >= 0.3 is 0 Å². The average molecular weight is 825 g/mol. The van der Waals surface area contributed by atoms with Gasteiger partial charge < -0.3 is 16.0 Å². The third-order valence-corrected chi connectivity index (χ3v) is 11.8. The largest absolute Gasteiger partial charge is 0.356 e. The molecule has 12 nitrogen and oxygen atoms in total. The number of nitrogens with one attached hydrogen (secondary N) is 3. The number of benzene rings is 2. The van der Waals surface area contributed by atoms with E-state index in [4.69, 9.17) is 39.8 Å². The second-order valence-electron chi connectivity index (χ2n) is 13.8. The van der Waals surface area contributed by atoms with Crippen molar-refractivity contribution in [1.29, 1.82) is 0 Å². The molecule has 0 spiro atoms. The Hall–Kier alpha value is -4.30. The molecule has 6 rings (SSSR count). The van der Waals surface area contributed by atoms with E-state index in [9.17, 15) is 14.4 Å². The van der Waals surface area contributed by atoms with Crippen LogP contribution in [0.4, 0.5) is 5.69 Å². The molecule has 2 atom stereocenters. The van der Waals surface area contributed by atoms with E-state index in [-0.39, 0.29) is 36.5 Å². The first-order chi connectivity index (χ1) is 26.4. The molecule has 290 valence electrons. The third-order valence-electron chi connectivity index (χ3n) is 9.65. The maximum atomic E-state index is 13.2. The van der Waals surface area contributed by atoms with E-state index in [1.54, 1.807) is 28.5 Å². The molecule has 0 saturated heterocycles. The Morgan fingerprint density at radius 1 is 0.855 bits per heavy atom. The normalized spacial score (nSPS) is 16.2. The summed E-state index contributed by atoms with van der Waals surface area (Å²) in [7, 11) is 0. The van der Waals surface area contributed by atoms with Gasteiger partial charge in [0.1, 0.15) is 22.7 Å². The van der Waals surface area contributed by atoms with E-state index in [0.717, 1.165) is 51.8 Å². The van der Waals surface area contributed by atoms with Crippen molar-refractivity contribution in [3.05, 3.63) is 90.7 Å². The van der Waals surface area contributed by atoms with Crippen molar-refractivity contribution in [2.45, 2.75) is 78.7 Å². The van der Waals surface area contributed by atoms with Crippen molar-refractivity contribution < 1.29 is 14.4 Å². The number of aliphatic imine (C=N–C) groups is 1. The van der Waals surface area contributed by atoms with E-state index in [1.165, 1.54) is 4.88 Å².